The van der Waals surface area contributed by atoms with Crippen LogP contribution in [0.25, 0.3) is 0 Å². The standard InChI is InChI=1S/C19H23NO/c1-13-6-9-17(10-7-13)16(4)20-19(21)12-18-11-14(2)5-8-15(18)3/h5-11,16H,12H2,1-4H3,(H,20,21)/t16-/m0/s1. The second-order valence-electron chi connectivity index (χ2n) is 5.81. The third kappa shape index (κ3) is 4.19. The first kappa shape index (κ1) is 15.3. The topological polar surface area (TPSA) is 29.1 Å². The van der Waals surface area contributed by atoms with Gasteiger partial charge < -0.3 is 5.32 Å². The molecule has 110 valence electrons. The van der Waals surface area contributed by atoms with Crippen LogP contribution in [0.4, 0.5) is 0 Å². The minimum absolute atomic E-state index is 0.0308. The summed E-state index contributed by atoms with van der Waals surface area (Å²) in [6.45, 7) is 8.18. The summed E-state index contributed by atoms with van der Waals surface area (Å²) in [5, 5.41) is 3.07. The van der Waals surface area contributed by atoms with Crippen LogP contribution < -0.4 is 5.32 Å². The first-order valence-corrected chi connectivity index (χ1v) is 7.38. The highest BCUT2D eigenvalue weighted by atomic mass is 16.1. The highest BCUT2D eigenvalue weighted by Crippen LogP contribution is 2.15. The van der Waals surface area contributed by atoms with Gasteiger partial charge in [0, 0.05) is 0 Å². The first-order valence-electron chi connectivity index (χ1n) is 7.38. The van der Waals surface area contributed by atoms with Gasteiger partial charge in [-0.1, -0.05) is 53.6 Å². The van der Waals surface area contributed by atoms with Crippen molar-refractivity contribution in [3.8, 4) is 0 Å². The van der Waals surface area contributed by atoms with Gasteiger partial charge >= 0.3 is 0 Å². The molecule has 1 N–H and O–H groups in total. The molecule has 0 radical (unpaired) electrons. The van der Waals surface area contributed by atoms with E-state index in [1.165, 1.54) is 16.7 Å². The lowest BCUT2D eigenvalue weighted by atomic mass is 10.0. The van der Waals surface area contributed by atoms with Crippen LogP contribution in [0.1, 0.15) is 40.8 Å². The van der Waals surface area contributed by atoms with Crippen molar-refractivity contribution in [1.82, 2.24) is 5.32 Å². The molecule has 0 saturated heterocycles. The highest BCUT2D eigenvalue weighted by molar-refractivity contribution is 5.79. The van der Waals surface area contributed by atoms with E-state index in [1.807, 2.05) is 13.8 Å². The average molecular weight is 281 g/mol. The van der Waals surface area contributed by atoms with Gasteiger partial charge in [0.15, 0.2) is 0 Å². The van der Waals surface area contributed by atoms with E-state index in [4.69, 9.17) is 0 Å². The van der Waals surface area contributed by atoms with Crippen LogP contribution in [0.3, 0.4) is 0 Å². The first-order chi connectivity index (χ1) is 9.95. The van der Waals surface area contributed by atoms with Crippen molar-refractivity contribution in [3.05, 3.63) is 70.3 Å². The summed E-state index contributed by atoms with van der Waals surface area (Å²) in [7, 11) is 0. The van der Waals surface area contributed by atoms with Crippen molar-refractivity contribution in [3.63, 3.8) is 0 Å². The molecule has 2 aromatic carbocycles. The molecule has 2 rings (SSSR count). The zero-order valence-electron chi connectivity index (χ0n) is 13.2. The zero-order chi connectivity index (χ0) is 15.4. The largest absolute Gasteiger partial charge is 0.349 e. The van der Waals surface area contributed by atoms with E-state index in [2.05, 4.69) is 61.6 Å². The Labute approximate surface area is 127 Å². The van der Waals surface area contributed by atoms with Crippen LogP contribution in [-0.2, 0) is 11.2 Å². The maximum absolute atomic E-state index is 12.2. The Morgan fingerprint density at radius 2 is 1.62 bits per heavy atom. The maximum atomic E-state index is 12.2. The van der Waals surface area contributed by atoms with Gasteiger partial charge in [-0.3, -0.25) is 4.79 Å². The minimum Gasteiger partial charge on any atom is -0.349 e. The molecule has 0 unspecified atom stereocenters. The van der Waals surface area contributed by atoms with E-state index < -0.39 is 0 Å². The highest BCUT2D eigenvalue weighted by Gasteiger charge is 2.11. The SMILES string of the molecule is Cc1ccc([C@H](C)NC(=O)Cc2cc(C)ccc2C)cc1. The number of amides is 1. The van der Waals surface area contributed by atoms with Crippen molar-refractivity contribution in [2.45, 2.75) is 40.2 Å². The monoisotopic (exact) mass is 281 g/mol. The number of hydrogen-bond donors (Lipinski definition) is 1. The Bertz CT molecular complexity index is 629. The zero-order valence-corrected chi connectivity index (χ0v) is 13.2. The number of carbonyl (C=O) groups is 1. The molecule has 0 bridgehead atoms. The lowest BCUT2D eigenvalue weighted by Crippen LogP contribution is -2.28. The lowest BCUT2D eigenvalue weighted by Gasteiger charge is -2.15. The van der Waals surface area contributed by atoms with Crippen LogP contribution >= 0.6 is 0 Å². The van der Waals surface area contributed by atoms with Gasteiger partial charge in [0.2, 0.25) is 5.91 Å². The quantitative estimate of drug-likeness (QED) is 0.900. The predicted molar refractivity (Wildman–Crippen MR) is 87.4 cm³/mol. The summed E-state index contributed by atoms with van der Waals surface area (Å²) in [5.74, 6) is 0.0665. The summed E-state index contributed by atoms with van der Waals surface area (Å²) in [4.78, 5) is 12.2. The Kier molecular flexibility index (Phi) is 4.79. The van der Waals surface area contributed by atoms with Gasteiger partial charge in [0.25, 0.3) is 0 Å². The molecule has 2 aromatic rings. The Balaban J connectivity index is 2.01. The summed E-state index contributed by atoms with van der Waals surface area (Å²) in [6, 6.07) is 14.5. The summed E-state index contributed by atoms with van der Waals surface area (Å²) in [6.07, 6.45) is 0.434. The molecule has 0 aliphatic rings. The molecule has 0 fully saturated rings. The van der Waals surface area contributed by atoms with Gasteiger partial charge in [-0.25, -0.2) is 0 Å². The van der Waals surface area contributed by atoms with E-state index in [0.29, 0.717) is 6.42 Å². The summed E-state index contributed by atoms with van der Waals surface area (Å²) >= 11 is 0. The van der Waals surface area contributed by atoms with Gasteiger partial charge in [-0.05, 0) is 44.4 Å². The van der Waals surface area contributed by atoms with Crippen LogP contribution in [-0.4, -0.2) is 5.91 Å². The van der Waals surface area contributed by atoms with Crippen LogP contribution in [0.2, 0.25) is 0 Å². The molecular weight excluding hydrogens is 258 g/mol. The molecule has 0 heterocycles. The number of carbonyl (C=O) groups excluding carboxylic acids is 1. The van der Waals surface area contributed by atoms with Crippen molar-refractivity contribution >= 4 is 5.91 Å². The molecule has 2 nitrogen and oxygen atoms in total. The molecule has 0 spiro atoms. The molecule has 21 heavy (non-hydrogen) atoms. The van der Waals surface area contributed by atoms with Gasteiger partial charge in [-0.15, -0.1) is 0 Å². The maximum Gasteiger partial charge on any atom is 0.224 e. The number of benzene rings is 2. The molecule has 0 saturated carbocycles. The normalized spacial score (nSPS) is 12.0. The fraction of sp³-hybridized carbons (Fsp3) is 0.316. The van der Waals surface area contributed by atoms with Crippen LogP contribution in [0, 0.1) is 20.8 Å². The third-order valence-corrected chi connectivity index (χ3v) is 3.81. The van der Waals surface area contributed by atoms with E-state index in [9.17, 15) is 4.79 Å². The fourth-order valence-corrected chi connectivity index (χ4v) is 2.39. The van der Waals surface area contributed by atoms with Crippen molar-refractivity contribution in [2.75, 3.05) is 0 Å². The second kappa shape index (κ2) is 6.57. The van der Waals surface area contributed by atoms with Crippen molar-refractivity contribution < 1.29 is 4.79 Å². The average Bonchev–Trinajstić information content (AvgIpc) is 2.43. The van der Waals surface area contributed by atoms with Gasteiger partial charge in [0.05, 0.1) is 12.5 Å². The second-order valence-corrected chi connectivity index (χ2v) is 5.81. The number of rotatable bonds is 4. The predicted octanol–water partition coefficient (Wildman–Crippen LogP) is 4.03. The molecule has 0 aliphatic heterocycles. The fourth-order valence-electron chi connectivity index (χ4n) is 2.39. The van der Waals surface area contributed by atoms with E-state index in [0.717, 1.165) is 11.1 Å². The smallest absolute Gasteiger partial charge is 0.224 e. The van der Waals surface area contributed by atoms with Crippen LogP contribution in [0.15, 0.2) is 42.5 Å². The molecular formula is C19H23NO. The molecule has 1 atom stereocenters. The van der Waals surface area contributed by atoms with Crippen molar-refractivity contribution in [2.24, 2.45) is 0 Å². The minimum atomic E-state index is 0.0308. The molecule has 0 aliphatic carbocycles. The van der Waals surface area contributed by atoms with Crippen molar-refractivity contribution in [1.29, 1.82) is 0 Å². The number of hydrogen-bond acceptors (Lipinski definition) is 1. The van der Waals surface area contributed by atoms with E-state index >= 15 is 0 Å². The Morgan fingerprint density at radius 1 is 1.00 bits per heavy atom. The van der Waals surface area contributed by atoms with Crippen LogP contribution in [0.5, 0.6) is 0 Å². The van der Waals surface area contributed by atoms with Gasteiger partial charge in [0.1, 0.15) is 0 Å². The molecule has 1 amide bonds. The Morgan fingerprint density at radius 3 is 2.29 bits per heavy atom. The Hall–Kier alpha value is -2.09. The molecule has 0 aromatic heterocycles. The number of aryl methyl sites for hydroxylation is 3. The lowest BCUT2D eigenvalue weighted by molar-refractivity contribution is -0.121. The summed E-state index contributed by atoms with van der Waals surface area (Å²) in [5.41, 5.74) is 5.82. The summed E-state index contributed by atoms with van der Waals surface area (Å²) < 4.78 is 0. The molecule has 2 heteroatoms. The van der Waals surface area contributed by atoms with E-state index in [-0.39, 0.29) is 11.9 Å². The van der Waals surface area contributed by atoms with E-state index in [1.54, 1.807) is 0 Å². The van der Waals surface area contributed by atoms with Gasteiger partial charge in [-0.2, -0.15) is 0 Å². The third-order valence-electron chi connectivity index (χ3n) is 3.81. The number of nitrogens with one attached hydrogen (secondary N) is 1.